The van der Waals surface area contributed by atoms with Crippen molar-refractivity contribution in [2.75, 3.05) is 7.05 Å². The van der Waals surface area contributed by atoms with Gasteiger partial charge < -0.3 is 4.90 Å². The molecule has 0 bridgehead atoms. The van der Waals surface area contributed by atoms with E-state index in [0.29, 0.717) is 4.88 Å². The maximum absolute atomic E-state index is 12.5. The summed E-state index contributed by atoms with van der Waals surface area (Å²) in [4.78, 5) is 40.3. The number of thiophene rings is 1. The van der Waals surface area contributed by atoms with Crippen molar-refractivity contribution < 1.29 is 14.4 Å². The van der Waals surface area contributed by atoms with Crippen molar-refractivity contribution in [1.82, 2.24) is 4.90 Å². The molecule has 1 amide bonds. The molecule has 0 saturated carbocycles. The molecule has 0 saturated heterocycles. The van der Waals surface area contributed by atoms with Gasteiger partial charge in [-0.3, -0.25) is 14.4 Å². The molecule has 1 aliphatic carbocycles. The zero-order chi connectivity index (χ0) is 19.4. The van der Waals surface area contributed by atoms with Crippen LogP contribution in [0.5, 0.6) is 0 Å². The Labute approximate surface area is 164 Å². The lowest BCUT2D eigenvalue weighted by Crippen LogP contribution is -2.30. The van der Waals surface area contributed by atoms with E-state index in [0.717, 1.165) is 17.7 Å². The van der Waals surface area contributed by atoms with Gasteiger partial charge in [-0.2, -0.15) is 0 Å². The molecule has 0 unspecified atom stereocenters. The summed E-state index contributed by atoms with van der Waals surface area (Å²) in [5, 5.41) is 0. The molecule has 0 aliphatic heterocycles. The number of hydrogen-bond acceptors (Lipinski definition) is 4. The Morgan fingerprint density at radius 1 is 1.04 bits per heavy atom. The average molecular weight is 384 g/mol. The lowest BCUT2D eigenvalue weighted by molar-refractivity contribution is -0.134. The molecule has 1 aromatic carbocycles. The topological polar surface area (TPSA) is 54.5 Å². The number of amides is 1. The fourth-order valence-corrected chi connectivity index (χ4v) is 4.45. The summed E-state index contributed by atoms with van der Waals surface area (Å²) in [7, 11) is 1.82. The zero-order valence-corrected chi connectivity index (χ0v) is 16.7. The molecule has 0 N–H and O–H groups in total. The fraction of sp³-hybridized carbons (Fsp3) is 0.409. The molecule has 1 atom stereocenters. The van der Waals surface area contributed by atoms with E-state index in [2.05, 4.69) is 12.1 Å². The highest BCUT2D eigenvalue weighted by Crippen LogP contribution is 2.35. The summed E-state index contributed by atoms with van der Waals surface area (Å²) in [5.74, 6) is -0.0251. The monoisotopic (exact) mass is 383 g/mol. The molecule has 5 heteroatoms. The van der Waals surface area contributed by atoms with Crippen molar-refractivity contribution >= 4 is 28.8 Å². The van der Waals surface area contributed by atoms with E-state index in [4.69, 9.17) is 0 Å². The first-order valence-electron chi connectivity index (χ1n) is 9.40. The van der Waals surface area contributed by atoms with E-state index in [9.17, 15) is 14.4 Å². The lowest BCUT2D eigenvalue weighted by atomic mass is 10.1. The number of rotatable bonds is 8. The highest BCUT2D eigenvalue weighted by molar-refractivity contribution is 7.14. The van der Waals surface area contributed by atoms with Gasteiger partial charge in [0.25, 0.3) is 0 Å². The van der Waals surface area contributed by atoms with E-state index >= 15 is 0 Å². The quantitative estimate of drug-likeness (QED) is 0.630. The Balaban J connectivity index is 1.45. The van der Waals surface area contributed by atoms with Crippen LogP contribution in [0.15, 0.2) is 36.4 Å². The number of fused-ring (bicyclic) bond motifs is 1. The predicted molar refractivity (Wildman–Crippen MR) is 107 cm³/mol. The summed E-state index contributed by atoms with van der Waals surface area (Å²) in [6.45, 7) is 1.96. The number of benzene rings is 1. The van der Waals surface area contributed by atoms with Crippen LogP contribution in [-0.2, 0) is 16.0 Å². The molecule has 3 rings (SSSR count). The standard InChI is InChI=1S/C22H25NO3S/c1-15-7-13-21(27-15)20(25)12-9-17(24)10-14-22(26)23(2)19-11-8-16-5-3-4-6-18(16)19/h3-7,13,19H,8-12,14H2,1-2H3/t19-/m1/s1. The van der Waals surface area contributed by atoms with Gasteiger partial charge in [-0.15, -0.1) is 11.3 Å². The molecule has 0 spiro atoms. The number of hydrogen-bond donors (Lipinski definition) is 0. The maximum Gasteiger partial charge on any atom is 0.223 e. The van der Waals surface area contributed by atoms with Crippen molar-refractivity contribution in [2.24, 2.45) is 0 Å². The predicted octanol–water partition coefficient (Wildman–Crippen LogP) is 4.51. The highest BCUT2D eigenvalue weighted by atomic mass is 32.1. The largest absolute Gasteiger partial charge is 0.339 e. The van der Waals surface area contributed by atoms with Crippen LogP contribution in [0, 0.1) is 6.92 Å². The molecule has 2 aromatic rings. The zero-order valence-electron chi connectivity index (χ0n) is 15.9. The summed E-state index contributed by atoms with van der Waals surface area (Å²) in [6, 6.07) is 12.1. The minimum absolute atomic E-state index is 0.00690. The third kappa shape index (κ3) is 4.72. The molecule has 1 heterocycles. The molecule has 1 aliphatic rings. The van der Waals surface area contributed by atoms with Crippen molar-refractivity contribution in [2.45, 2.75) is 51.5 Å². The Bertz CT molecular complexity index is 855. The van der Waals surface area contributed by atoms with Crippen LogP contribution in [0.3, 0.4) is 0 Å². The van der Waals surface area contributed by atoms with Crippen molar-refractivity contribution in [3.63, 3.8) is 0 Å². The van der Waals surface area contributed by atoms with Crippen LogP contribution in [0.2, 0.25) is 0 Å². The van der Waals surface area contributed by atoms with E-state index < -0.39 is 0 Å². The van der Waals surface area contributed by atoms with Gasteiger partial charge in [-0.05, 0) is 43.0 Å². The molecular formula is C22H25NO3S. The van der Waals surface area contributed by atoms with Gasteiger partial charge in [-0.1, -0.05) is 24.3 Å². The average Bonchev–Trinajstić information content (AvgIpc) is 3.29. The maximum atomic E-state index is 12.5. The Morgan fingerprint density at radius 2 is 1.78 bits per heavy atom. The third-order valence-electron chi connectivity index (χ3n) is 5.23. The first-order valence-corrected chi connectivity index (χ1v) is 10.2. The van der Waals surface area contributed by atoms with Crippen molar-refractivity contribution in [3.05, 3.63) is 57.3 Å². The number of Topliss-reactive ketones (excluding diaryl/α,β-unsaturated/α-hetero) is 2. The number of carbonyl (C=O) groups excluding carboxylic acids is 3. The minimum atomic E-state index is -0.0230. The van der Waals surface area contributed by atoms with Crippen LogP contribution < -0.4 is 0 Å². The van der Waals surface area contributed by atoms with Gasteiger partial charge in [0.2, 0.25) is 5.91 Å². The SMILES string of the molecule is Cc1ccc(C(=O)CCC(=O)CCC(=O)N(C)[C@@H]2CCc3ccccc32)s1. The van der Waals surface area contributed by atoms with Gasteiger partial charge in [0, 0.05) is 37.6 Å². The summed E-state index contributed by atoms with van der Waals surface area (Å²) >= 11 is 1.46. The van der Waals surface area contributed by atoms with Crippen LogP contribution in [0.25, 0.3) is 0 Å². The molecular weight excluding hydrogens is 358 g/mol. The Morgan fingerprint density at radius 3 is 2.52 bits per heavy atom. The highest BCUT2D eigenvalue weighted by Gasteiger charge is 2.28. The van der Waals surface area contributed by atoms with Gasteiger partial charge >= 0.3 is 0 Å². The van der Waals surface area contributed by atoms with Gasteiger partial charge in [-0.25, -0.2) is 0 Å². The van der Waals surface area contributed by atoms with E-state index in [1.54, 1.807) is 4.90 Å². The summed E-state index contributed by atoms with van der Waals surface area (Å²) in [5.41, 5.74) is 2.53. The number of ketones is 2. The second-order valence-corrected chi connectivity index (χ2v) is 8.42. The smallest absolute Gasteiger partial charge is 0.223 e. The van der Waals surface area contributed by atoms with Gasteiger partial charge in [0.05, 0.1) is 10.9 Å². The normalized spacial score (nSPS) is 15.4. The van der Waals surface area contributed by atoms with Crippen LogP contribution in [0.4, 0.5) is 0 Å². The Hall–Kier alpha value is -2.27. The minimum Gasteiger partial charge on any atom is -0.339 e. The van der Waals surface area contributed by atoms with Crippen LogP contribution in [-0.4, -0.2) is 29.4 Å². The first kappa shape index (κ1) is 19.5. The second kappa shape index (κ2) is 8.61. The van der Waals surface area contributed by atoms with Gasteiger partial charge in [0.1, 0.15) is 5.78 Å². The molecule has 27 heavy (non-hydrogen) atoms. The van der Waals surface area contributed by atoms with Crippen molar-refractivity contribution in [1.29, 1.82) is 0 Å². The number of nitrogens with zero attached hydrogens (tertiary/aromatic N) is 1. The molecule has 4 nitrogen and oxygen atoms in total. The molecule has 0 fully saturated rings. The van der Waals surface area contributed by atoms with Crippen molar-refractivity contribution in [3.8, 4) is 0 Å². The Kier molecular flexibility index (Phi) is 6.22. The molecule has 0 radical (unpaired) electrons. The molecule has 1 aromatic heterocycles. The fourth-order valence-electron chi connectivity index (χ4n) is 3.62. The van der Waals surface area contributed by atoms with Gasteiger partial charge in [0.15, 0.2) is 5.78 Å². The first-order chi connectivity index (χ1) is 13.0. The van der Waals surface area contributed by atoms with E-state index in [1.807, 2.05) is 38.2 Å². The second-order valence-electron chi connectivity index (χ2n) is 7.13. The van der Waals surface area contributed by atoms with E-state index in [-0.39, 0.29) is 49.2 Å². The number of aryl methyl sites for hydroxylation is 2. The summed E-state index contributed by atoms with van der Waals surface area (Å²) in [6.07, 6.45) is 2.76. The van der Waals surface area contributed by atoms with E-state index in [1.165, 1.54) is 22.5 Å². The lowest BCUT2D eigenvalue weighted by Gasteiger charge is -2.25. The number of carbonyl (C=O) groups is 3. The third-order valence-corrected chi connectivity index (χ3v) is 6.27. The van der Waals surface area contributed by atoms with Crippen LogP contribution >= 0.6 is 11.3 Å². The summed E-state index contributed by atoms with van der Waals surface area (Å²) < 4.78 is 0. The molecule has 142 valence electrons. The van der Waals surface area contributed by atoms with Crippen LogP contribution in [0.1, 0.15) is 63.8 Å².